The fourth-order valence-corrected chi connectivity index (χ4v) is 2.47. The van der Waals surface area contributed by atoms with Crippen LogP contribution in [0.15, 0.2) is 73.1 Å². The molecule has 0 spiro atoms. The molecule has 0 radical (unpaired) electrons. The van der Waals surface area contributed by atoms with Crippen molar-refractivity contribution >= 4 is 12.0 Å². The lowest BCUT2D eigenvalue weighted by Gasteiger charge is -2.15. The number of carbonyl (C=O) groups is 1. The third-order valence-corrected chi connectivity index (χ3v) is 3.95. The Kier molecular flexibility index (Phi) is 6.11. The lowest BCUT2D eigenvalue weighted by molar-refractivity contribution is -0.125. The first-order valence-electron chi connectivity index (χ1n) is 8.56. The third kappa shape index (κ3) is 5.23. The Balaban J connectivity index is 1.62. The highest BCUT2D eigenvalue weighted by Crippen LogP contribution is 2.24. The van der Waals surface area contributed by atoms with Crippen LogP contribution in [0.4, 0.5) is 8.78 Å². The first-order chi connectivity index (χ1) is 13.5. The molecule has 0 fully saturated rings. The van der Waals surface area contributed by atoms with Gasteiger partial charge in [0.25, 0.3) is 0 Å². The molecule has 0 N–H and O–H groups in total. The van der Waals surface area contributed by atoms with Crippen LogP contribution in [0.5, 0.6) is 11.5 Å². The largest absolute Gasteiger partial charge is 0.453 e. The molecular weight excluding hydrogens is 362 g/mol. The normalized spacial score (nSPS) is 10.8. The smallest absolute Gasteiger partial charge is 0.246 e. The van der Waals surface area contributed by atoms with Gasteiger partial charge >= 0.3 is 0 Å². The summed E-state index contributed by atoms with van der Waals surface area (Å²) in [5.74, 6) is -0.610. The number of rotatable bonds is 6. The number of nitrogens with zero attached hydrogens (tertiary/aromatic N) is 2. The standard InChI is InChI=1S/C22H18F2N2O2/c1-26(15-17-4-8-18(23)9-5-17)22(27)11-7-16-6-10-21(20(24)13-16)28-19-3-2-12-25-14-19/h2-14H,15H2,1H3/b11-7+. The van der Waals surface area contributed by atoms with E-state index in [2.05, 4.69) is 4.98 Å². The van der Waals surface area contributed by atoms with Crippen molar-refractivity contribution in [3.63, 3.8) is 0 Å². The fraction of sp³-hybridized carbons (Fsp3) is 0.0909. The Labute approximate surface area is 161 Å². The van der Waals surface area contributed by atoms with Gasteiger partial charge in [0.15, 0.2) is 11.6 Å². The molecule has 28 heavy (non-hydrogen) atoms. The second-order valence-electron chi connectivity index (χ2n) is 6.13. The van der Waals surface area contributed by atoms with Gasteiger partial charge in [-0.2, -0.15) is 0 Å². The molecule has 3 rings (SSSR count). The predicted octanol–water partition coefficient (Wildman–Crippen LogP) is 4.82. The maximum Gasteiger partial charge on any atom is 0.246 e. The highest BCUT2D eigenvalue weighted by molar-refractivity contribution is 5.91. The van der Waals surface area contributed by atoms with E-state index >= 15 is 0 Å². The average Bonchev–Trinajstić information content (AvgIpc) is 2.70. The Morgan fingerprint density at radius 2 is 1.93 bits per heavy atom. The van der Waals surface area contributed by atoms with Crippen LogP contribution in [0.1, 0.15) is 11.1 Å². The molecule has 2 aromatic carbocycles. The molecule has 0 saturated heterocycles. The maximum atomic E-state index is 14.2. The second-order valence-corrected chi connectivity index (χ2v) is 6.13. The number of benzene rings is 2. The van der Waals surface area contributed by atoms with Gasteiger partial charge in [0, 0.05) is 25.9 Å². The van der Waals surface area contributed by atoms with Gasteiger partial charge < -0.3 is 9.64 Å². The number of amides is 1. The number of ether oxygens (including phenoxy) is 1. The van der Waals surface area contributed by atoms with Gasteiger partial charge in [-0.15, -0.1) is 0 Å². The van der Waals surface area contributed by atoms with E-state index in [1.54, 1.807) is 43.6 Å². The predicted molar refractivity (Wildman–Crippen MR) is 103 cm³/mol. The van der Waals surface area contributed by atoms with Crippen molar-refractivity contribution < 1.29 is 18.3 Å². The zero-order valence-electron chi connectivity index (χ0n) is 15.2. The average molecular weight is 380 g/mol. The first-order valence-corrected chi connectivity index (χ1v) is 8.56. The molecule has 0 bridgehead atoms. The van der Waals surface area contributed by atoms with Crippen molar-refractivity contribution in [2.45, 2.75) is 6.54 Å². The Morgan fingerprint density at radius 1 is 1.14 bits per heavy atom. The summed E-state index contributed by atoms with van der Waals surface area (Å²) in [6.07, 6.45) is 5.98. The molecule has 1 amide bonds. The molecule has 0 unspecified atom stereocenters. The Morgan fingerprint density at radius 3 is 2.61 bits per heavy atom. The molecule has 1 heterocycles. The van der Waals surface area contributed by atoms with E-state index in [-0.39, 0.29) is 17.5 Å². The molecule has 1 aromatic heterocycles. The van der Waals surface area contributed by atoms with E-state index in [4.69, 9.17) is 4.74 Å². The molecule has 3 aromatic rings. The molecule has 0 saturated carbocycles. The van der Waals surface area contributed by atoms with E-state index < -0.39 is 5.82 Å². The zero-order valence-corrected chi connectivity index (χ0v) is 15.2. The summed E-state index contributed by atoms with van der Waals surface area (Å²) in [7, 11) is 1.64. The van der Waals surface area contributed by atoms with Gasteiger partial charge in [-0.25, -0.2) is 8.78 Å². The van der Waals surface area contributed by atoms with Crippen LogP contribution in [0, 0.1) is 11.6 Å². The van der Waals surface area contributed by atoms with Gasteiger partial charge in [-0.05, 0) is 53.6 Å². The number of aromatic nitrogens is 1. The van der Waals surface area contributed by atoms with Crippen LogP contribution in [0.2, 0.25) is 0 Å². The highest BCUT2D eigenvalue weighted by atomic mass is 19.1. The van der Waals surface area contributed by atoms with Crippen LogP contribution < -0.4 is 4.74 Å². The summed E-state index contributed by atoms with van der Waals surface area (Å²) in [5, 5.41) is 0. The number of halogens is 2. The number of hydrogen-bond acceptors (Lipinski definition) is 3. The van der Waals surface area contributed by atoms with E-state index in [0.29, 0.717) is 17.9 Å². The Hall–Kier alpha value is -3.54. The van der Waals surface area contributed by atoms with E-state index in [1.165, 1.54) is 47.5 Å². The SMILES string of the molecule is CN(Cc1ccc(F)cc1)C(=O)/C=C/c1ccc(Oc2cccnc2)c(F)c1. The zero-order chi connectivity index (χ0) is 19.9. The Bertz CT molecular complexity index is 974. The van der Waals surface area contributed by atoms with Gasteiger partial charge in [0.2, 0.25) is 5.91 Å². The van der Waals surface area contributed by atoms with Crippen LogP contribution >= 0.6 is 0 Å². The number of likely N-dealkylation sites (N-methyl/N-ethyl adjacent to an activating group) is 1. The van der Waals surface area contributed by atoms with Crippen molar-refractivity contribution in [3.05, 3.63) is 95.8 Å². The second kappa shape index (κ2) is 8.90. The monoisotopic (exact) mass is 380 g/mol. The van der Waals surface area contributed by atoms with Crippen molar-refractivity contribution in [1.29, 1.82) is 0 Å². The van der Waals surface area contributed by atoms with Crippen LogP contribution in [-0.4, -0.2) is 22.8 Å². The van der Waals surface area contributed by atoms with Gasteiger partial charge in [0.1, 0.15) is 11.6 Å². The molecule has 0 aliphatic carbocycles. The molecule has 4 nitrogen and oxygen atoms in total. The van der Waals surface area contributed by atoms with E-state index in [1.807, 2.05) is 0 Å². The quantitative estimate of drug-likeness (QED) is 0.576. The van der Waals surface area contributed by atoms with Crippen LogP contribution in [0.3, 0.4) is 0 Å². The number of hydrogen-bond donors (Lipinski definition) is 0. The van der Waals surface area contributed by atoms with Gasteiger partial charge in [-0.3, -0.25) is 9.78 Å². The van der Waals surface area contributed by atoms with E-state index in [0.717, 1.165) is 5.56 Å². The van der Waals surface area contributed by atoms with Crippen molar-refractivity contribution in [2.24, 2.45) is 0 Å². The topological polar surface area (TPSA) is 42.4 Å². The first kappa shape index (κ1) is 19.2. The van der Waals surface area contributed by atoms with Gasteiger partial charge in [0.05, 0.1) is 6.20 Å². The fourth-order valence-electron chi connectivity index (χ4n) is 2.47. The molecule has 0 atom stereocenters. The minimum Gasteiger partial charge on any atom is -0.453 e. The summed E-state index contributed by atoms with van der Waals surface area (Å²) >= 11 is 0. The van der Waals surface area contributed by atoms with Crippen molar-refractivity contribution in [1.82, 2.24) is 9.88 Å². The summed E-state index contributed by atoms with van der Waals surface area (Å²) in [4.78, 5) is 17.6. The molecule has 0 aliphatic rings. The third-order valence-electron chi connectivity index (χ3n) is 3.95. The lowest BCUT2D eigenvalue weighted by Crippen LogP contribution is -2.24. The summed E-state index contributed by atoms with van der Waals surface area (Å²) in [6.45, 7) is 0.343. The van der Waals surface area contributed by atoms with Gasteiger partial charge in [-0.1, -0.05) is 18.2 Å². The minimum atomic E-state index is -0.543. The molecular formula is C22H18F2N2O2. The summed E-state index contributed by atoms with van der Waals surface area (Å²) in [6, 6.07) is 13.7. The van der Waals surface area contributed by atoms with Crippen molar-refractivity contribution in [3.8, 4) is 11.5 Å². The summed E-state index contributed by atoms with van der Waals surface area (Å²) < 4.78 is 32.6. The highest BCUT2D eigenvalue weighted by Gasteiger charge is 2.08. The number of carbonyl (C=O) groups excluding carboxylic acids is 1. The molecule has 142 valence electrons. The van der Waals surface area contributed by atoms with Crippen molar-refractivity contribution in [2.75, 3.05) is 7.05 Å². The molecule has 0 aliphatic heterocycles. The lowest BCUT2D eigenvalue weighted by atomic mass is 10.2. The maximum absolute atomic E-state index is 14.2. The summed E-state index contributed by atoms with van der Waals surface area (Å²) in [5.41, 5.74) is 1.34. The minimum absolute atomic E-state index is 0.0740. The molecule has 6 heteroatoms. The van der Waals surface area contributed by atoms with Crippen LogP contribution in [-0.2, 0) is 11.3 Å². The van der Waals surface area contributed by atoms with E-state index in [9.17, 15) is 13.6 Å². The number of pyridine rings is 1. The van der Waals surface area contributed by atoms with Crippen LogP contribution in [0.25, 0.3) is 6.08 Å².